The number of pyridine rings is 1. The van der Waals surface area contributed by atoms with Crippen LogP contribution in [-0.2, 0) is 13.6 Å². The van der Waals surface area contributed by atoms with Crippen LogP contribution in [-0.4, -0.2) is 51.6 Å². The molecule has 1 amide bonds. The highest BCUT2D eigenvalue weighted by atomic mass is 16.5. The van der Waals surface area contributed by atoms with Crippen molar-refractivity contribution in [1.29, 1.82) is 0 Å². The van der Waals surface area contributed by atoms with Gasteiger partial charge in [-0.25, -0.2) is 0 Å². The number of nitrogens with zero attached hydrogens (tertiary/aromatic N) is 4. The monoisotopic (exact) mass is 316 g/mol. The average Bonchev–Trinajstić information content (AvgIpc) is 2.97. The molecular weight excluding hydrogens is 296 g/mol. The smallest absolute Gasteiger partial charge is 0.292 e. The van der Waals surface area contributed by atoms with Crippen molar-refractivity contribution in [2.75, 3.05) is 26.2 Å². The van der Waals surface area contributed by atoms with E-state index in [-0.39, 0.29) is 11.5 Å². The molecule has 0 radical (unpaired) electrons. The van der Waals surface area contributed by atoms with Gasteiger partial charge in [0.25, 0.3) is 11.5 Å². The Morgan fingerprint density at radius 2 is 2.00 bits per heavy atom. The van der Waals surface area contributed by atoms with Gasteiger partial charge in [-0.05, 0) is 18.6 Å². The van der Waals surface area contributed by atoms with Crippen LogP contribution in [0.15, 0.2) is 33.7 Å². The van der Waals surface area contributed by atoms with Crippen LogP contribution < -0.4 is 5.56 Å². The van der Waals surface area contributed by atoms with Gasteiger partial charge in [-0.2, -0.15) is 0 Å². The number of carbonyl (C=O) groups is 1. The van der Waals surface area contributed by atoms with Crippen LogP contribution in [0.5, 0.6) is 0 Å². The largest absolute Gasteiger partial charge is 0.351 e. The van der Waals surface area contributed by atoms with Crippen LogP contribution in [0.1, 0.15) is 21.8 Å². The summed E-state index contributed by atoms with van der Waals surface area (Å²) in [6, 6.07) is 5.28. The molecule has 0 saturated carbocycles. The minimum Gasteiger partial charge on any atom is -0.351 e. The van der Waals surface area contributed by atoms with Gasteiger partial charge in [0.15, 0.2) is 0 Å². The zero-order chi connectivity index (χ0) is 16.4. The second-order valence-electron chi connectivity index (χ2n) is 5.89. The molecule has 0 atom stereocenters. The van der Waals surface area contributed by atoms with E-state index in [1.807, 2.05) is 6.07 Å². The number of hydrogen-bond acceptors (Lipinski definition) is 5. The van der Waals surface area contributed by atoms with Gasteiger partial charge in [0.2, 0.25) is 5.76 Å². The number of aryl methyl sites for hydroxylation is 2. The highest BCUT2D eigenvalue weighted by Crippen LogP contribution is 2.11. The van der Waals surface area contributed by atoms with E-state index >= 15 is 0 Å². The summed E-state index contributed by atoms with van der Waals surface area (Å²) in [6.45, 7) is 5.34. The van der Waals surface area contributed by atoms with Crippen molar-refractivity contribution in [3.63, 3.8) is 0 Å². The number of amides is 1. The van der Waals surface area contributed by atoms with E-state index in [2.05, 4.69) is 10.1 Å². The fourth-order valence-corrected chi connectivity index (χ4v) is 2.68. The molecule has 3 heterocycles. The van der Waals surface area contributed by atoms with Crippen molar-refractivity contribution in [3.05, 3.63) is 51.8 Å². The standard InChI is InChI=1S/C16H20N4O3/c1-12-9-14(23-17-12)16(22)20-7-5-19(6-8-20)11-13-3-4-18(2)15(21)10-13/h3-4,9-10H,5-8,11H2,1-2H3. The van der Waals surface area contributed by atoms with Gasteiger partial charge in [0, 0.05) is 58.1 Å². The maximum absolute atomic E-state index is 12.3. The SMILES string of the molecule is Cc1cc(C(=O)N2CCN(Cc3ccn(C)c(=O)c3)CC2)on1. The van der Waals surface area contributed by atoms with Crippen molar-refractivity contribution in [3.8, 4) is 0 Å². The maximum atomic E-state index is 12.3. The van der Waals surface area contributed by atoms with E-state index in [4.69, 9.17) is 4.52 Å². The fourth-order valence-electron chi connectivity index (χ4n) is 2.68. The van der Waals surface area contributed by atoms with E-state index in [0.29, 0.717) is 24.5 Å². The Morgan fingerprint density at radius 1 is 1.26 bits per heavy atom. The molecule has 2 aromatic rings. The second-order valence-corrected chi connectivity index (χ2v) is 5.89. The van der Waals surface area contributed by atoms with Gasteiger partial charge < -0.3 is 14.0 Å². The molecule has 23 heavy (non-hydrogen) atoms. The van der Waals surface area contributed by atoms with Gasteiger partial charge >= 0.3 is 0 Å². The molecule has 1 saturated heterocycles. The number of hydrogen-bond donors (Lipinski definition) is 0. The highest BCUT2D eigenvalue weighted by molar-refractivity contribution is 5.91. The summed E-state index contributed by atoms with van der Waals surface area (Å²) in [7, 11) is 1.74. The molecule has 122 valence electrons. The summed E-state index contributed by atoms with van der Waals surface area (Å²) in [5, 5.41) is 3.75. The molecule has 0 spiro atoms. The highest BCUT2D eigenvalue weighted by Gasteiger charge is 2.24. The minimum atomic E-state index is -0.112. The zero-order valence-electron chi connectivity index (χ0n) is 13.4. The van der Waals surface area contributed by atoms with Crippen LogP contribution >= 0.6 is 0 Å². The van der Waals surface area contributed by atoms with E-state index in [9.17, 15) is 9.59 Å². The van der Waals surface area contributed by atoms with Gasteiger partial charge in [0.1, 0.15) is 0 Å². The Labute approximate surface area is 134 Å². The molecule has 0 N–H and O–H groups in total. The van der Waals surface area contributed by atoms with Crippen molar-refractivity contribution < 1.29 is 9.32 Å². The Kier molecular flexibility index (Phi) is 4.29. The number of aromatic nitrogens is 2. The first-order valence-electron chi connectivity index (χ1n) is 7.63. The van der Waals surface area contributed by atoms with Crippen LogP contribution in [0.3, 0.4) is 0 Å². The minimum absolute atomic E-state index is 0.00278. The Morgan fingerprint density at radius 3 is 2.61 bits per heavy atom. The lowest BCUT2D eigenvalue weighted by molar-refractivity contribution is 0.0588. The third kappa shape index (κ3) is 3.50. The van der Waals surface area contributed by atoms with E-state index in [1.54, 1.807) is 41.8 Å². The lowest BCUT2D eigenvalue weighted by Crippen LogP contribution is -2.48. The van der Waals surface area contributed by atoms with Gasteiger partial charge in [0.05, 0.1) is 5.69 Å². The number of rotatable bonds is 3. The Balaban J connectivity index is 1.57. The number of piperazine rings is 1. The van der Waals surface area contributed by atoms with Crippen molar-refractivity contribution in [2.24, 2.45) is 7.05 Å². The fraction of sp³-hybridized carbons (Fsp3) is 0.438. The Hall–Kier alpha value is -2.41. The van der Waals surface area contributed by atoms with E-state index in [1.165, 1.54) is 0 Å². The van der Waals surface area contributed by atoms with Crippen molar-refractivity contribution in [1.82, 2.24) is 19.5 Å². The summed E-state index contributed by atoms with van der Waals surface area (Å²) < 4.78 is 6.59. The van der Waals surface area contributed by atoms with Crippen LogP contribution in [0.2, 0.25) is 0 Å². The van der Waals surface area contributed by atoms with E-state index in [0.717, 1.165) is 25.2 Å². The first-order chi connectivity index (χ1) is 11.0. The average molecular weight is 316 g/mol. The molecule has 2 aromatic heterocycles. The van der Waals surface area contributed by atoms with Gasteiger partial charge in [-0.15, -0.1) is 0 Å². The molecule has 7 nitrogen and oxygen atoms in total. The quantitative estimate of drug-likeness (QED) is 0.831. The normalized spacial score (nSPS) is 15.8. The van der Waals surface area contributed by atoms with Crippen LogP contribution in [0.25, 0.3) is 0 Å². The summed E-state index contributed by atoms with van der Waals surface area (Å²) in [5.41, 5.74) is 1.70. The molecule has 1 fully saturated rings. The lowest BCUT2D eigenvalue weighted by Gasteiger charge is -2.34. The third-order valence-electron chi connectivity index (χ3n) is 4.07. The van der Waals surface area contributed by atoms with Crippen LogP contribution in [0, 0.1) is 6.92 Å². The molecule has 3 rings (SSSR count). The zero-order valence-corrected chi connectivity index (χ0v) is 13.4. The third-order valence-corrected chi connectivity index (χ3v) is 4.07. The summed E-state index contributed by atoms with van der Waals surface area (Å²) in [5.74, 6) is 0.182. The van der Waals surface area contributed by atoms with Crippen LogP contribution in [0.4, 0.5) is 0 Å². The molecule has 7 heteroatoms. The maximum Gasteiger partial charge on any atom is 0.292 e. The predicted molar refractivity (Wildman–Crippen MR) is 84.1 cm³/mol. The first-order valence-corrected chi connectivity index (χ1v) is 7.63. The topological polar surface area (TPSA) is 71.6 Å². The Bertz CT molecular complexity index is 757. The molecule has 0 aliphatic carbocycles. The van der Waals surface area contributed by atoms with Gasteiger partial charge in [-0.1, -0.05) is 5.16 Å². The molecule has 0 bridgehead atoms. The second kappa shape index (κ2) is 6.37. The molecular formula is C16H20N4O3. The number of carbonyl (C=O) groups excluding carboxylic acids is 1. The lowest BCUT2D eigenvalue weighted by atomic mass is 10.2. The summed E-state index contributed by atoms with van der Waals surface area (Å²) in [4.78, 5) is 28.0. The van der Waals surface area contributed by atoms with Crippen molar-refractivity contribution in [2.45, 2.75) is 13.5 Å². The van der Waals surface area contributed by atoms with Crippen molar-refractivity contribution >= 4 is 5.91 Å². The molecule has 1 aliphatic rings. The van der Waals surface area contributed by atoms with Gasteiger partial charge in [-0.3, -0.25) is 14.5 Å². The summed E-state index contributed by atoms with van der Waals surface area (Å²) in [6.07, 6.45) is 1.78. The molecule has 0 unspecified atom stereocenters. The first kappa shape index (κ1) is 15.5. The molecule has 0 aromatic carbocycles. The predicted octanol–water partition coefficient (Wildman–Crippen LogP) is 0.640. The molecule has 1 aliphatic heterocycles. The summed E-state index contributed by atoms with van der Waals surface area (Å²) >= 11 is 0. The van der Waals surface area contributed by atoms with E-state index < -0.39 is 0 Å².